The van der Waals surface area contributed by atoms with E-state index in [0.29, 0.717) is 17.1 Å². The van der Waals surface area contributed by atoms with Crippen LogP contribution in [0.2, 0.25) is 0 Å². The van der Waals surface area contributed by atoms with Gasteiger partial charge in [-0.3, -0.25) is 0 Å². The Labute approximate surface area is 137 Å². The molecule has 1 heterocycles. The highest BCUT2D eigenvalue weighted by molar-refractivity contribution is 9.11. The van der Waals surface area contributed by atoms with Crippen LogP contribution in [-0.2, 0) is 10.0 Å². The molecule has 0 radical (unpaired) electrons. The van der Waals surface area contributed by atoms with Crippen LogP contribution in [0.1, 0.15) is 24.8 Å². The third kappa shape index (κ3) is 4.04. The molecule has 0 spiro atoms. The van der Waals surface area contributed by atoms with Crippen molar-refractivity contribution in [2.45, 2.75) is 37.1 Å². The van der Waals surface area contributed by atoms with Crippen LogP contribution in [0.25, 0.3) is 0 Å². The Balaban J connectivity index is 2.04. The molecule has 2 rings (SSSR count). The number of nitrogens with one attached hydrogen (secondary N) is 2. The topological polar surface area (TPSA) is 58.2 Å². The van der Waals surface area contributed by atoms with Crippen LogP contribution < -0.4 is 10.0 Å². The molecule has 4 nitrogen and oxygen atoms in total. The molecular weight excluding hydrogens is 408 g/mol. The van der Waals surface area contributed by atoms with Gasteiger partial charge >= 0.3 is 0 Å². The van der Waals surface area contributed by atoms with Crippen molar-refractivity contribution in [2.75, 3.05) is 13.1 Å². The van der Waals surface area contributed by atoms with Crippen LogP contribution in [-0.4, -0.2) is 27.5 Å². The Bertz CT molecular complexity index is 584. The summed E-state index contributed by atoms with van der Waals surface area (Å²) < 4.78 is 28.7. The van der Waals surface area contributed by atoms with Crippen molar-refractivity contribution in [2.24, 2.45) is 0 Å². The molecule has 0 bridgehead atoms. The lowest BCUT2D eigenvalue weighted by atomic mass is 10.2. The van der Waals surface area contributed by atoms with Gasteiger partial charge in [0.2, 0.25) is 10.0 Å². The van der Waals surface area contributed by atoms with Gasteiger partial charge in [-0.25, -0.2) is 13.1 Å². The zero-order valence-corrected chi connectivity index (χ0v) is 15.2. The molecule has 1 aromatic rings. The van der Waals surface area contributed by atoms with E-state index in [9.17, 15) is 8.42 Å². The first-order valence-corrected chi connectivity index (χ1v) is 9.66. The maximum atomic E-state index is 12.3. The van der Waals surface area contributed by atoms with Crippen molar-refractivity contribution >= 4 is 41.9 Å². The summed E-state index contributed by atoms with van der Waals surface area (Å²) in [5.74, 6) is 0. The fourth-order valence-electron chi connectivity index (χ4n) is 2.28. The van der Waals surface area contributed by atoms with Crippen LogP contribution in [0.5, 0.6) is 0 Å². The van der Waals surface area contributed by atoms with Gasteiger partial charge in [-0.1, -0.05) is 15.9 Å². The summed E-state index contributed by atoms with van der Waals surface area (Å²) in [5.41, 5.74) is 0.992. The second kappa shape index (κ2) is 6.87. The van der Waals surface area contributed by atoms with Crippen molar-refractivity contribution in [1.29, 1.82) is 0 Å². The van der Waals surface area contributed by atoms with Crippen molar-refractivity contribution in [1.82, 2.24) is 10.0 Å². The van der Waals surface area contributed by atoms with Gasteiger partial charge in [0.1, 0.15) is 0 Å². The molecule has 2 N–H and O–H groups in total. The summed E-state index contributed by atoms with van der Waals surface area (Å²) in [7, 11) is -3.48. The molecule has 20 heavy (non-hydrogen) atoms. The summed E-state index contributed by atoms with van der Waals surface area (Å²) in [5, 5.41) is 3.36. The number of hydrogen-bond acceptors (Lipinski definition) is 3. The molecule has 1 unspecified atom stereocenters. The number of aryl methyl sites for hydroxylation is 1. The van der Waals surface area contributed by atoms with Gasteiger partial charge in [-0.05, 0) is 66.4 Å². The fourth-order valence-corrected chi connectivity index (χ4v) is 5.01. The fraction of sp³-hybridized carbons (Fsp3) is 0.538. The Morgan fingerprint density at radius 3 is 2.75 bits per heavy atom. The molecule has 1 fully saturated rings. The van der Waals surface area contributed by atoms with Crippen molar-refractivity contribution in [3.8, 4) is 0 Å². The lowest BCUT2D eigenvalue weighted by Crippen LogP contribution is -2.30. The van der Waals surface area contributed by atoms with E-state index in [4.69, 9.17) is 0 Å². The second-order valence-electron chi connectivity index (χ2n) is 5.01. The quantitative estimate of drug-likeness (QED) is 0.762. The highest BCUT2D eigenvalue weighted by Crippen LogP contribution is 2.28. The van der Waals surface area contributed by atoms with Gasteiger partial charge in [0.05, 0.1) is 4.90 Å². The molecule has 0 aliphatic carbocycles. The van der Waals surface area contributed by atoms with E-state index in [1.54, 1.807) is 12.1 Å². The molecular formula is C13H18Br2N2O2S. The molecule has 1 aliphatic rings. The summed E-state index contributed by atoms with van der Waals surface area (Å²) in [6, 6.07) is 3.87. The molecule has 7 heteroatoms. The minimum absolute atomic E-state index is 0.273. The van der Waals surface area contributed by atoms with E-state index in [-0.39, 0.29) is 4.90 Å². The maximum Gasteiger partial charge on any atom is 0.241 e. The number of halogens is 2. The monoisotopic (exact) mass is 424 g/mol. The van der Waals surface area contributed by atoms with E-state index >= 15 is 0 Å². The Kier molecular flexibility index (Phi) is 5.64. The number of benzene rings is 1. The lowest BCUT2D eigenvalue weighted by molar-refractivity contribution is 0.539. The maximum absolute atomic E-state index is 12.3. The SMILES string of the molecule is Cc1cc(Br)c(S(=O)(=O)NCCC2CCCN2)cc1Br. The molecule has 0 saturated carbocycles. The average Bonchev–Trinajstić information content (AvgIpc) is 2.86. The molecule has 0 aromatic heterocycles. The van der Waals surface area contributed by atoms with Gasteiger partial charge in [-0.15, -0.1) is 0 Å². The van der Waals surface area contributed by atoms with Crippen molar-refractivity contribution < 1.29 is 8.42 Å². The number of hydrogen-bond donors (Lipinski definition) is 2. The van der Waals surface area contributed by atoms with Gasteiger partial charge in [0, 0.05) is 21.5 Å². The van der Waals surface area contributed by atoms with Gasteiger partial charge in [0.15, 0.2) is 0 Å². The summed E-state index contributed by atoms with van der Waals surface area (Å²) in [6.45, 7) is 3.41. The van der Waals surface area contributed by atoms with E-state index in [2.05, 4.69) is 41.9 Å². The first-order chi connectivity index (χ1) is 9.40. The summed E-state index contributed by atoms with van der Waals surface area (Å²) in [6.07, 6.45) is 3.12. The van der Waals surface area contributed by atoms with Crippen molar-refractivity contribution in [3.05, 3.63) is 26.6 Å². The Morgan fingerprint density at radius 1 is 1.35 bits per heavy atom. The first kappa shape index (κ1) is 16.4. The van der Waals surface area contributed by atoms with E-state index in [0.717, 1.165) is 29.4 Å². The summed E-state index contributed by atoms with van der Waals surface area (Å²) >= 11 is 6.69. The number of rotatable bonds is 5. The highest BCUT2D eigenvalue weighted by atomic mass is 79.9. The lowest BCUT2D eigenvalue weighted by Gasteiger charge is -2.13. The number of sulfonamides is 1. The minimum atomic E-state index is -3.48. The summed E-state index contributed by atoms with van der Waals surface area (Å²) in [4.78, 5) is 0.273. The Hall–Kier alpha value is 0.0500. The smallest absolute Gasteiger partial charge is 0.241 e. The molecule has 112 valence electrons. The predicted octanol–water partition coefficient (Wildman–Crippen LogP) is 2.94. The molecule has 0 amide bonds. The van der Waals surface area contributed by atoms with Crippen molar-refractivity contribution in [3.63, 3.8) is 0 Å². The third-order valence-corrected chi connectivity index (χ3v) is 6.72. The van der Waals surface area contributed by atoms with Crippen LogP contribution >= 0.6 is 31.9 Å². The van der Waals surface area contributed by atoms with Gasteiger partial charge < -0.3 is 5.32 Å². The van der Waals surface area contributed by atoms with E-state index < -0.39 is 10.0 Å². The highest BCUT2D eigenvalue weighted by Gasteiger charge is 2.20. The van der Waals surface area contributed by atoms with Crippen LogP contribution in [0.15, 0.2) is 26.0 Å². The standard InChI is InChI=1S/C13H18Br2N2O2S/c1-9-7-12(15)13(8-11(9)14)20(18,19)17-6-4-10-3-2-5-16-10/h7-8,10,16-17H,2-6H2,1H3. The molecule has 1 saturated heterocycles. The molecule has 1 aliphatic heterocycles. The second-order valence-corrected chi connectivity index (χ2v) is 8.46. The van der Waals surface area contributed by atoms with Gasteiger partial charge in [-0.2, -0.15) is 0 Å². The zero-order valence-electron chi connectivity index (χ0n) is 11.2. The van der Waals surface area contributed by atoms with Gasteiger partial charge in [0.25, 0.3) is 0 Å². The first-order valence-electron chi connectivity index (χ1n) is 6.59. The van der Waals surface area contributed by atoms with E-state index in [1.165, 1.54) is 6.42 Å². The van der Waals surface area contributed by atoms with Crippen LogP contribution in [0, 0.1) is 6.92 Å². The van der Waals surface area contributed by atoms with Crippen LogP contribution in [0.4, 0.5) is 0 Å². The zero-order chi connectivity index (χ0) is 14.8. The minimum Gasteiger partial charge on any atom is -0.314 e. The predicted molar refractivity (Wildman–Crippen MR) is 87.4 cm³/mol. The molecule has 1 aromatic carbocycles. The Morgan fingerprint density at radius 2 is 2.10 bits per heavy atom. The molecule has 1 atom stereocenters. The normalized spacial score (nSPS) is 19.4. The van der Waals surface area contributed by atoms with E-state index in [1.807, 2.05) is 6.92 Å². The third-order valence-electron chi connectivity index (χ3n) is 3.45. The van der Waals surface area contributed by atoms with Crippen LogP contribution in [0.3, 0.4) is 0 Å². The average molecular weight is 426 g/mol. The largest absolute Gasteiger partial charge is 0.314 e.